The number of carbonyl (C=O) groups excluding carboxylic acids is 1. The van der Waals surface area contributed by atoms with Crippen LogP contribution in [0.1, 0.15) is 30.2 Å². The molecule has 14 heteroatoms. The number of sulfonamides is 1. The molecule has 0 aliphatic carbocycles. The molecule has 11 nitrogen and oxygen atoms in total. The first-order valence-electron chi connectivity index (χ1n) is 11.7. The van der Waals surface area contributed by atoms with Gasteiger partial charge in [0.05, 0.1) is 15.7 Å². The van der Waals surface area contributed by atoms with Gasteiger partial charge in [-0.3, -0.25) is 4.79 Å². The van der Waals surface area contributed by atoms with E-state index in [2.05, 4.69) is 31.1 Å². The Morgan fingerprint density at radius 2 is 1.85 bits per heavy atom. The van der Waals surface area contributed by atoms with Gasteiger partial charge in [0.15, 0.2) is 0 Å². The monoisotopic (exact) mass is 590 g/mol. The lowest BCUT2D eigenvalue weighted by Crippen LogP contribution is -2.25. The van der Waals surface area contributed by atoms with E-state index in [-0.39, 0.29) is 38.7 Å². The first-order valence-corrected chi connectivity index (χ1v) is 15.0. The summed E-state index contributed by atoms with van der Waals surface area (Å²) in [5.74, 6) is -0.446. The van der Waals surface area contributed by atoms with Gasteiger partial charge in [-0.05, 0) is 66.1 Å². The van der Waals surface area contributed by atoms with Crippen molar-refractivity contribution in [3.05, 3.63) is 70.2 Å². The zero-order valence-corrected chi connectivity index (χ0v) is 23.7. The van der Waals surface area contributed by atoms with E-state index in [0.29, 0.717) is 28.9 Å². The molecule has 0 saturated carbocycles. The third kappa shape index (κ3) is 6.21. The van der Waals surface area contributed by atoms with Crippen molar-refractivity contribution in [1.82, 2.24) is 15.0 Å². The highest BCUT2D eigenvalue weighted by atomic mass is 32.2. The number of amides is 1. The number of thioether (sulfide) groups is 1. The van der Waals surface area contributed by atoms with Crippen LogP contribution < -0.4 is 15.8 Å². The number of nitriles is 2. The van der Waals surface area contributed by atoms with Crippen molar-refractivity contribution < 1.29 is 13.2 Å². The Labute approximate surface area is 239 Å². The maximum atomic E-state index is 13.2. The van der Waals surface area contributed by atoms with Gasteiger partial charge in [-0.15, -0.1) is 0 Å². The number of nitrogens with zero attached hydrogens (tertiary/aromatic N) is 5. The van der Waals surface area contributed by atoms with Crippen molar-refractivity contribution in [1.29, 1.82) is 10.5 Å². The van der Waals surface area contributed by atoms with Crippen molar-refractivity contribution in [3.8, 4) is 23.3 Å². The summed E-state index contributed by atoms with van der Waals surface area (Å²) in [5, 5.41) is 25.6. The van der Waals surface area contributed by atoms with Crippen molar-refractivity contribution in [2.45, 2.75) is 35.4 Å². The first-order chi connectivity index (χ1) is 19.2. The summed E-state index contributed by atoms with van der Waals surface area (Å²) < 4.78 is 27.7. The van der Waals surface area contributed by atoms with Gasteiger partial charge in [0.2, 0.25) is 11.9 Å². The highest BCUT2D eigenvalue weighted by Gasteiger charge is 2.26. The van der Waals surface area contributed by atoms with Gasteiger partial charge >= 0.3 is 0 Å². The average Bonchev–Trinajstić information content (AvgIpc) is 3.46. The normalized spacial score (nSPS) is 11.7. The number of rotatable bonds is 9. The number of aryl methyl sites for hydroxylation is 1. The van der Waals surface area contributed by atoms with Crippen LogP contribution in [0.5, 0.6) is 0 Å². The minimum atomic E-state index is -3.94. The van der Waals surface area contributed by atoms with Crippen LogP contribution in [0.2, 0.25) is 0 Å². The molecular formula is C26H22N8O3S3. The highest BCUT2D eigenvalue weighted by Crippen LogP contribution is 2.38. The molecule has 1 unspecified atom stereocenters. The fourth-order valence-corrected chi connectivity index (χ4v) is 6.27. The van der Waals surface area contributed by atoms with Crippen LogP contribution in [0.4, 0.5) is 17.5 Å². The molecule has 1 aromatic carbocycles. The van der Waals surface area contributed by atoms with Crippen LogP contribution in [-0.4, -0.2) is 34.5 Å². The van der Waals surface area contributed by atoms with Gasteiger partial charge in [0.25, 0.3) is 10.0 Å². The Morgan fingerprint density at radius 3 is 2.45 bits per heavy atom. The summed E-state index contributed by atoms with van der Waals surface area (Å²) in [6.45, 7) is 3.53. The Hall–Kier alpha value is -4.50. The first kappa shape index (κ1) is 28.5. The van der Waals surface area contributed by atoms with E-state index in [1.54, 1.807) is 19.1 Å². The number of pyridine rings is 1. The molecule has 4 N–H and O–H groups in total. The van der Waals surface area contributed by atoms with Crippen molar-refractivity contribution in [2.75, 3.05) is 15.8 Å². The number of carbonyl (C=O) groups is 1. The molecule has 0 bridgehead atoms. The molecule has 0 aliphatic heterocycles. The molecule has 4 aromatic rings. The third-order valence-corrected chi connectivity index (χ3v) is 8.97. The van der Waals surface area contributed by atoms with E-state index < -0.39 is 15.3 Å². The maximum absolute atomic E-state index is 13.2. The fourth-order valence-electron chi connectivity index (χ4n) is 3.65. The van der Waals surface area contributed by atoms with E-state index in [9.17, 15) is 23.7 Å². The van der Waals surface area contributed by atoms with Crippen LogP contribution >= 0.6 is 23.1 Å². The lowest BCUT2D eigenvalue weighted by Gasteiger charge is -2.17. The highest BCUT2D eigenvalue weighted by molar-refractivity contribution is 8.00. The largest absolute Gasteiger partial charge is 0.383 e. The Morgan fingerprint density at radius 1 is 1.12 bits per heavy atom. The summed E-state index contributed by atoms with van der Waals surface area (Å²) in [6, 6.07) is 13.2. The van der Waals surface area contributed by atoms with E-state index in [1.807, 2.05) is 23.8 Å². The summed E-state index contributed by atoms with van der Waals surface area (Å²) in [4.78, 5) is 25.3. The zero-order chi connectivity index (χ0) is 28.9. The van der Waals surface area contributed by atoms with E-state index >= 15 is 0 Å². The number of anilines is 3. The van der Waals surface area contributed by atoms with Crippen LogP contribution in [0.25, 0.3) is 11.1 Å². The maximum Gasteiger partial charge on any atom is 0.264 e. The van der Waals surface area contributed by atoms with Crippen molar-refractivity contribution in [2.24, 2.45) is 0 Å². The predicted molar refractivity (Wildman–Crippen MR) is 154 cm³/mol. The molecule has 0 spiro atoms. The molecule has 0 saturated heterocycles. The molecule has 202 valence electrons. The van der Waals surface area contributed by atoms with E-state index in [4.69, 9.17) is 5.73 Å². The van der Waals surface area contributed by atoms with Crippen LogP contribution in [-0.2, 0) is 14.8 Å². The molecular weight excluding hydrogens is 569 g/mol. The molecule has 3 aromatic heterocycles. The molecule has 0 radical (unpaired) electrons. The van der Waals surface area contributed by atoms with Crippen LogP contribution in [0.15, 0.2) is 63.3 Å². The van der Waals surface area contributed by atoms with Crippen molar-refractivity contribution in [3.63, 3.8) is 0 Å². The number of benzene rings is 1. The topological polar surface area (TPSA) is 188 Å². The van der Waals surface area contributed by atoms with Gasteiger partial charge in [0, 0.05) is 23.1 Å². The number of nitrogens with two attached hydrogens (primary N) is 1. The molecule has 1 amide bonds. The number of thiophene rings is 1. The summed E-state index contributed by atoms with van der Waals surface area (Å²) >= 11 is 2.48. The summed E-state index contributed by atoms with van der Waals surface area (Å²) in [5.41, 5.74) is 8.39. The number of hydrogen-bond acceptors (Lipinski definition) is 11. The van der Waals surface area contributed by atoms with Crippen LogP contribution in [0.3, 0.4) is 0 Å². The fraction of sp³-hybridized carbons (Fsp3) is 0.154. The second kappa shape index (κ2) is 12.1. The number of hydrogen-bond donors (Lipinski definition) is 3. The summed E-state index contributed by atoms with van der Waals surface area (Å²) in [7, 11) is -3.94. The molecule has 4 rings (SSSR count). The third-order valence-electron chi connectivity index (χ3n) is 5.60. The van der Waals surface area contributed by atoms with Crippen molar-refractivity contribution >= 4 is 56.5 Å². The number of nitrogens with one attached hydrogen (secondary N) is 2. The quantitative estimate of drug-likeness (QED) is 0.233. The minimum absolute atomic E-state index is 0.0260. The second-order valence-corrected chi connectivity index (χ2v) is 12.0. The predicted octanol–water partition coefficient (Wildman–Crippen LogP) is 4.54. The minimum Gasteiger partial charge on any atom is -0.383 e. The number of aromatic nitrogens is 3. The van der Waals surface area contributed by atoms with Crippen LogP contribution in [0, 0.1) is 29.6 Å². The van der Waals surface area contributed by atoms with E-state index in [0.717, 1.165) is 11.8 Å². The van der Waals surface area contributed by atoms with Gasteiger partial charge in [-0.1, -0.05) is 18.7 Å². The average molecular weight is 591 g/mol. The van der Waals surface area contributed by atoms with Gasteiger partial charge in [-0.2, -0.15) is 21.9 Å². The number of nitrogen functional groups attached to an aromatic ring is 1. The zero-order valence-electron chi connectivity index (χ0n) is 21.2. The Bertz CT molecular complexity index is 1740. The molecule has 0 aliphatic rings. The lowest BCUT2D eigenvalue weighted by molar-refractivity contribution is -0.115. The summed E-state index contributed by atoms with van der Waals surface area (Å²) in [6.07, 6.45) is 1.84. The SMILES string of the molecule is CCC(Sc1nc(N)c(C#N)c(-c2ccsc2)c1C#N)C(=O)Nc1ccc(S(=O)(=O)Nc2nccc(C)n2)cc1. The molecule has 1 atom stereocenters. The molecule has 0 fully saturated rings. The van der Waals surface area contributed by atoms with Gasteiger partial charge in [0.1, 0.15) is 28.5 Å². The second-order valence-electron chi connectivity index (χ2n) is 8.32. The van der Waals surface area contributed by atoms with Gasteiger partial charge in [-0.25, -0.2) is 28.1 Å². The standard InChI is InChI=1S/C26H22N8O3S3/c1-3-21(39-25-20(13-28)22(16-9-11-38-14-16)19(12-27)23(29)33-25)24(35)32-17-4-6-18(7-5-17)40(36,37)34-26-30-10-8-15(2)31-26/h4-11,14,21H,3H2,1-2H3,(H2,29,33)(H,32,35)(H,30,31,34). The molecule has 40 heavy (non-hydrogen) atoms. The smallest absolute Gasteiger partial charge is 0.264 e. The Balaban J connectivity index is 1.53. The van der Waals surface area contributed by atoms with Gasteiger partial charge < -0.3 is 11.1 Å². The lowest BCUT2D eigenvalue weighted by atomic mass is 9.99. The molecule has 3 heterocycles. The Kier molecular flexibility index (Phi) is 8.64. The van der Waals surface area contributed by atoms with E-state index in [1.165, 1.54) is 41.8 Å².